The Morgan fingerprint density at radius 3 is 2.61 bits per heavy atom. The molecule has 0 aliphatic carbocycles. The van der Waals surface area contributed by atoms with Gasteiger partial charge in [-0.25, -0.2) is 18.3 Å². The van der Waals surface area contributed by atoms with E-state index in [0.717, 1.165) is 4.90 Å². The second-order valence-corrected chi connectivity index (χ2v) is 8.15. The molecule has 2 aliphatic heterocycles. The zero-order chi connectivity index (χ0) is 20.1. The van der Waals surface area contributed by atoms with Gasteiger partial charge in [0.1, 0.15) is 11.9 Å². The summed E-state index contributed by atoms with van der Waals surface area (Å²) in [5, 5.41) is 5.25. The fourth-order valence-electron chi connectivity index (χ4n) is 3.88. The first-order valence-corrected chi connectivity index (χ1v) is 9.79. The van der Waals surface area contributed by atoms with E-state index >= 15 is 0 Å². The lowest BCUT2D eigenvalue weighted by molar-refractivity contribution is -0.135. The van der Waals surface area contributed by atoms with E-state index in [-0.39, 0.29) is 19.5 Å². The first kappa shape index (κ1) is 19.4. The molecule has 2 aliphatic rings. The molecule has 1 amide bonds. The summed E-state index contributed by atoms with van der Waals surface area (Å²) in [6, 6.07) is 4.18. The summed E-state index contributed by atoms with van der Waals surface area (Å²) in [4.78, 5) is 26.9. The van der Waals surface area contributed by atoms with Gasteiger partial charge in [-0.15, -0.1) is 0 Å². The van der Waals surface area contributed by atoms with Gasteiger partial charge >= 0.3 is 5.69 Å². The molecule has 6 nitrogen and oxygen atoms in total. The van der Waals surface area contributed by atoms with Crippen LogP contribution in [0.1, 0.15) is 36.7 Å². The molecule has 1 atom stereocenters. The lowest BCUT2D eigenvalue weighted by Crippen LogP contribution is -2.42. The van der Waals surface area contributed by atoms with E-state index < -0.39 is 30.1 Å². The largest absolute Gasteiger partial charge is 0.346 e. The van der Waals surface area contributed by atoms with Gasteiger partial charge in [0, 0.05) is 29.4 Å². The van der Waals surface area contributed by atoms with Crippen molar-refractivity contribution >= 4 is 29.1 Å². The van der Waals surface area contributed by atoms with Crippen LogP contribution >= 0.6 is 23.2 Å². The topological polar surface area (TPSA) is 60.1 Å². The second-order valence-electron chi connectivity index (χ2n) is 7.28. The van der Waals surface area contributed by atoms with Crippen LogP contribution in [0.5, 0.6) is 0 Å². The lowest BCUT2D eigenvalue weighted by atomic mass is 10.0. The Labute approximate surface area is 169 Å². The molecule has 3 heterocycles. The van der Waals surface area contributed by atoms with Crippen LogP contribution in [0.2, 0.25) is 10.0 Å². The Kier molecular flexibility index (Phi) is 4.95. The summed E-state index contributed by atoms with van der Waals surface area (Å²) in [6.07, 6.45) is 1.31. The summed E-state index contributed by atoms with van der Waals surface area (Å²) in [7, 11) is 0. The van der Waals surface area contributed by atoms with E-state index in [0.29, 0.717) is 40.7 Å². The zero-order valence-corrected chi connectivity index (χ0v) is 16.4. The number of hydrogen-bond donors (Lipinski definition) is 0. The predicted octanol–water partition coefficient (Wildman–Crippen LogP) is 3.14. The van der Waals surface area contributed by atoms with Crippen LogP contribution in [0.15, 0.2) is 23.0 Å². The maximum Gasteiger partial charge on any atom is 0.346 e. The first-order chi connectivity index (χ1) is 13.2. The summed E-state index contributed by atoms with van der Waals surface area (Å²) >= 11 is 12.0. The third kappa shape index (κ3) is 3.67. The molecule has 1 aromatic carbocycles. The molecule has 0 spiro atoms. The standard InChI is InChI=1S/C18H18Cl2F2N4O2/c19-12-6-11(7-13(20)8-12)9-25-17(28)26-14(2-1-3-15(26)23-25)16(27)24-5-4-18(21,22)10-24/h6-8,14H,1-5,9-10H2. The molecule has 1 saturated heterocycles. The number of nitrogens with zero attached hydrogens (tertiary/aromatic N) is 4. The van der Waals surface area contributed by atoms with Crippen LogP contribution < -0.4 is 5.69 Å². The maximum atomic E-state index is 13.5. The van der Waals surface area contributed by atoms with Crippen molar-refractivity contribution in [2.24, 2.45) is 0 Å². The number of carbonyl (C=O) groups excluding carboxylic acids is 1. The molecule has 2 aromatic rings. The molecule has 1 fully saturated rings. The minimum Gasteiger partial charge on any atom is -0.335 e. The number of fused-ring (bicyclic) bond motifs is 1. The van der Waals surface area contributed by atoms with Crippen molar-refractivity contribution < 1.29 is 13.6 Å². The molecule has 0 saturated carbocycles. The Morgan fingerprint density at radius 1 is 1.25 bits per heavy atom. The molecular formula is C18H18Cl2F2N4O2. The Hall–Kier alpha value is -1.93. The molecule has 4 rings (SSSR count). The number of benzene rings is 1. The number of alkyl halides is 2. The van der Waals surface area contributed by atoms with Gasteiger partial charge in [0.2, 0.25) is 5.91 Å². The Balaban J connectivity index is 1.63. The Bertz CT molecular complexity index is 968. The average molecular weight is 431 g/mol. The molecule has 1 aromatic heterocycles. The minimum absolute atomic E-state index is 0.00156. The smallest absolute Gasteiger partial charge is 0.335 e. The number of halogens is 4. The van der Waals surface area contributed by atoms with Crippen LogP contribution in [0.25, 0.3) is 0 Å². The molecule has 1 unspecified atom stereocenters. The monoisotopic (exact) mass is 430 g/mol. The Morgan fingerprint density at radius 2 is 1.96 bits per heavy atom. The summed E-state index contributed by atoms with van der Waals surface area (Å²) in [6.45, 7) is -0.440. The number of carbonyl (C=O) groups is 1. The minimum atomic E-state index is -2.87. The van der Waals surface area contributed by atoms with Crippen molar-refractivity contribution in [3.63, 3.8) is 0 Å². The number of aryl methyl sites for hydroxylation is 1. The summed E-state index contributed by atoms with van der Waals surface area (Å²) in [5.74, 6) is -2.81. The molecule has 28 heavy (non-hydrogen) atoms. The van der Waals surface area contributed by atoms with Crippen molar-refractivity contribution in [1.82, 2.24) is 19.2 Å². The highest BCUT2D eigenvalue weighted by molar-refractivity contribution is 6.34. The summed E-state index contributed by atoms with van der Waals surface area (Å²) < 4.78 is 29.6. The highest BCUT2D eigenvalue weighted by Gasteiger charge is 2.43. The van der Waals surface area contributed by atoms with Crippen LogP contribution in [0, 0.1) is 0 Å². The average Bonchev–Trinajstić information content (AvgIpc) is 3.13. The third-order valence-electron chi connectivity index (χ3n) is 5.15. The zero-order valence-electron chi connectivity index (χ0n) is 14.9. The SMILES string of the molecule is O=C(C1CCCc2nn(Cc3cc(Cl)cc(Cl)c3)c(=O)n21)N1CCC(F)(F)C1. The van der Waals surface area contributed by atoms with Gasteiger partial charge in [-0.1, -0.05) is 23.2 Å². The van der Waals surface area contributed by atoms with Crippen molar-refractivity contribution in [1.29, 1.82) is 0 Å². The van der Waals surface area contributed by atoms with E-state index in [1.54, 1.807) is 18.2 Å². The van der Waals surface area contributed by atoms with Gasteiger partial charge in [-0.2, -0.15) is 5.10 Å². The number of hydrogen-bond acceptors (Lipinski definition) is 3. The fourth-order valence-corrected chi connectivity index (χ4v) is 4.45. The molecule has 0 N–H and O–H groups in total. The molecule has 0 bridgehead atoms. The normalized spacial score (nSPS) is 21.0. The molecule has 0 radical (unpaired) electrons. The van der Waals surface area contributed by atoms with Crippen LogP contribution in [-0.2, 0) is 17.8 Å². The van der Waals surface area contributed by atoms with E-state index in [1.165, 1.54) is 9.25 Å². The van der Waals surface area contributed by atoms with Gasteiger partial charge < -0.3 is 4.90 Å². The number of likely N-dealkylation sites (tertiary alicyclic amines) is 1. The second kappa shape index (κ2) is 7.15. The highest BCUT2D eigenvalue weighted by Crippen LogP contribution is 2.31. The first-order valence-electron chi connectivity index (χ1n) is 9.03. The van der Waals surface area contributed by atoms with Crippen molar-refractivity contribution in [2.75, 3.05) is 13.1 Å². The van der Waals surface area contributed by atoms with Crippen molar-refractivity contribution in [3.05, 3.63) is 50.1 Å². The predicted molar refractivity (Wildman–Crippen MR) is 100 cm³/mol. The number of rotatable bonds is 3. The van der Waals surface area contributed by atoms with Gasteiger partial charge in [0.15, 0.2) is 0 Å². The molecule has 10 heteroatoms. The molecular weight excluding hydrogens is 413 g/mol. The quantitative estimate of drug-likeness (QED) is 0.751. The van der Waals surface area contributed by atoms with Crippen molar-refractivity contribution in [3.8, 4) is 0 Å². The van der Waals surface area contributed by atoms with Crippen LogP contribution in [0.4, 0.5) is 8.78 Å². The van der Waals surface area contributed by atoms with Crippen LogP contribution in [0.3, 0.4) is 0 Å². The van der Waals surface area contributed by atoms with Gasteiger partial charge in [-0.05, 0) is 36.6 Å². The number of amides is 1. The van der Waals surface area contributed by atoms with E-state index in [2.05, 4.69) is 5.10 Å². The van der Waals surface area contributed by atoms with Gasteiger partial charge in [-0.3, -0.25) is 9.36 Å². The van der Waals surface area contributed by atoms with E-state index in [9.17, 15) is 18.4 Å². The van der Waals surface area contributed by atoms with E-state index in [4.69, 9.17) is 23.2 Å². The fraction of sp³-hybridized carbons (Fsp3) is 0.500. The van der Waals surface area contributed by atoms with Gasteiger partial charge in [0.05, 0.1) is 13.1 Å². The van der Waals surface area contributed by atoms with Crippen LogP contribution in [-0.4, -0.2) is 44.2 Å². The third-order valence-corrected chi connectivity index (χ3v) is 5.59. The van der Waals surface area contributed by atoms with Crippen molar-refractivity contribution in [2.45, 2.75) is 44.2 Å². The highest BCUT2D eigenvalue weighted by atomic mass is 35.5. The number of aromatic nitrogens is 3. The summed E-state index contributed by atoms with van der Waals surface area (Å²) in [5.41, 5.74) is 0.271. The molecule has 150 valence electrons. The van der Waals surface area contributed by atoms with Gasteiger partial charge in [0.25, 0.3) is 5.92 Å². The maximum absolute atomic E-state index is 13.5. The lowest BCUT2D eigenvalue weighted by Gasteiger charge is -2.27. The van der Waals surface area contributed by atoms with E-state index in [1.807, 2.05) is 0 Å².